The topological polar surface area (TPSA) is 46.3 Å². The van der Waals surface area contributed by atoms with E-state index in [0.717, 1.165) is 18.2 Å². The van der Waals surface area contributed by atoms with Gasteiger partial charge in [0.2, 0.25) is 0 Å². The van der Waals surface area contributed by atoms with Crippen molar-refractivity contribution in [1.82, 2.24) is 24.3 Å². The van der Waals surface area contributed by atoms with Crippen molar-refractivity contribution in [2.45, 2.75) is 19.9 Å². The van der Waals surface area contributed by atoms with Crippen molar-refractivity contribution < 1.29 is 8.78 Å². The lowest BCUT2D eigenvalue weighted by Gasteiger charge is -2.10. The Labute approximate surface area is 167 Å². The Morgan fingerprint density at radius 2 is 1.86 bits per heavy atom. The molecule has 148 valence electrons. The van der Waals surface area contributed by atoms with Gasteiger partial charge in [0.15, 0.2) is 0 Å². The molecule has 0 amide bonds. The highest BCUT2D eigenvalue weighted by Crippen LogP contribution is 2.33. The van der Waals surface area contributed by atoms with Crippen molar-refractivity contribution in [3.05, 3.63) is 71.8 Å². The first-order chi connectivity index (χ1) is 14.0. The van der Waals surface area contributed by atoms with Crippen LogP contribution in [0.15, 0.2) is 48.8 Å². The number of imidazole rings is 1. The molecule has 3 heterocycles. The van der Waals surface area contributed by atoms with Crippen LogP contribution in [0.5, 0.6) is 0 Å². The molecular formula is C22H21F2N5. The van der Waals surface area contributed by atoms with Gasteiger partial charge < -0.3 is 4.90 Å². The van der Waals surface area contributed by atoms with Crippen molar-refractivity contribution in [1.29, 1.82) is 0 Å². The SMILES string of the molecule is CCc1nccc(-c2c(-c3ccc(F)cc3F)nc3cc(CN(C)C)ccn23)n1. The number of rotatable bonds is 5. The van der Waals surface area contributed by atoms with E-state index < -0.39 is 11.6 Å². The van der Waals surface area contributed by atoms with Gasteiger partial charge in [0, 0.05) is 37.0 Å². The first-order valence-electron chi connectivity index (χ1n) is 9.39. The van der Waals surface area contributed by atoms with E-state index in [9.17, 15) is 8.78 Å². The number of aryl methyl sites for hydroxylation is 1. The molecule has 4 rings (SSSR count). The normalized spacial score (nSPS) is 11.5. The maximum Gasteiger partial charge on any atom is 0.138 e. The second kappa shape index (κ2) is 7.67. The number of nitrogens with zero attached hydrogens (tertiary/aromatic N) is 5. The van der Waals surface area contributed by atoms with E-state index in [1.54, 1.807) is 12.3 Å². The molecule has 1 aromatic carbocycles. The zero-order valence-electron chi connectivity index (χ0n) is 16.5. The highest BCUT2D eigenvalue weighted by molar-refractivity contribution is 5.80. The van der Waals surface area contributed by atoms with Gasteiger partial charge in [-0.25, -0.2) is 23.7 Å². The third kappa shape index (κ3) is 3.73. The van der Waals surface area contributed by atoms with Gasteiger partial charge in [-0.15, -0.1) is 0 Å². The molecule has 0 bridgehead atoms. The molecule has 0 spiro atoms. The molecule has 0 atom stereocenters. The van der Waals surface area contributed by atoms with E-state index in [1.807, 2.05) is 43.7 Å². The lowest BCUT2D eigenvalue weighted by atomic mass is 10.1. The van der Waals surface area contributed by atoms with Crippen molar-refractivity contribution in [3.8, 4) is 22.6 Å². The van der Waals surface area contributed by atoms with Gasteiger partial charge in [-0.2, -0.15) is 0 Å². The largest absolute Gasteiger partial charge is 0.305 e. The average molecular weight is 393 g/mol. The molecule has 0 aliphatic heterocycles. The minimum absolute atomic E-state index is 0.232. The Morgan fingerprint density at radius 1 is 1.03 bits per heavy atom. The fourth-order valence-electron chi connectivity index (χ4n) is 3.37. The Balaban J connectivity index is 1.99. The number of halogens is 2. The van der Waals surface area contributed by atoms with Gasteiger partial charge in [0.25, 0.3) is 0 Å². The molecule has 0 aliphatic rings. The quantitative estimate of drug-likeness (QED) is 0.505. The van der Waals surface area contributed by atoms with Crippen LogP contribution in [0.25, 0.3) is 28.3 Å². The van der Waals surface area contributed by atoms with E-state index in [-0.39, 0.29) is 5.56 Å². The summed E-state index contributed by atoms with van der Waals surface area (Å²) in [6, 6.07) is 9.28. The van der Waals surface area contributed by atoms with Crippen LogP contribution in [0, 0.1) is 11.6 Å². The summed E-state index contributed by atoms with van der Waals surface area (Å²) in [5, 5.41) is 0. The third-order valence-corrected chi connectivity index (χ3v) is 4.64. The molecule has 0 N–H and O–H groups in total. The van der Waals surface area contributed by atoms with Gasteiger partial charge in [-0.05, 0) is 50.0 Å². The molecule has 5 nitrogen and oxygen atoms in total. The zero-order valence-corrected chi connectivity index (χ0v) is 16.5. The number of aromatic nitrogens is 4. The van der Waals surface area contributed by atoms with E-state index >= 15 is 0 Å². The number of hydrogen-bond acceptors (Lipinski definition) is 4. The molecular weight excluding hydrogens is 372 g/mol. The van der Waals surface area contributed by atoms with Crippen LogP contribution in [-0.4, -0.2) is 38.3 Å². The molecule has 0 unspecified atom stereocenters. The minimum Gasteiger partial charge on any atom is -0.305 e. The van der Waals surface area contributed by atoms with Gasteiger partial charge in [0.05, 0.1) is 11.4 Å². The zero-order chi connectivity index (χ0) is 20.5. The van der Waals surface area contributed by atoms with Crippen LogP contribution in [0.2, 0.25) is 0 Å². The minimum atomic E-state index is -0.659. The van der Waals surface area contributed by atoms with Crippen LogP contribution < -0.4 is 0 Å². The Kier molecular flexibility index (Phi) is 5.07. The average Bonchev–Trinajstić information content (AvgIpc) is 3.05. The standard InChI is InChI=1S/C22H21F2N5/c1-4-19-25-9-7-18(26-19)22-21(16-6-5-15(23)12-17(16)24)27-20-11-14(13-28(2)3)8-10-29(20)22/h5-12H,4,13H2,1-3H3. The summed E-state index contributed by atoms with van der Waals surface area (Å²) in [7, 11) is 3.99. The van der Waals surface area contributed by atoms with Gasteiger partial charge in [-0.1, -0.05) is 6.92 Å². The van der Waals surface area contributed by atoms with Gasteiger partial charge in [0.1, 0.15) is 28.8 Å². The van der Waals surface area contributed by atoms with Gasteiger partial charge >= 0.3 is 0 Å². The lowest BCUT2D eigenvalue weighted by Crippen LogP contribution is -2.10. The smallest absolute Gasteiger partial charge is 0.138 e. The molecule has 0 saturated heterocycles. The van der Waals surface area contributed by atoms with Crippen LogP contribution in [-0.2, 0) is 13.0 Å². The Hall–Kier alpha value is -3.19. The molecule has 7 heteroatoms. The molecule has 0 fully saturated rings. The molecule has 0 saturated carbocycles. The monoisotopic (exact) mass is 393 g/mol. The summed E-state index contributed by atoms with van der Waals surface area (Å²) in [4.78, 5) is 15.6. The van der Waals surface area contributed by atoms with Crippen molar-refractivity contribution in [2.24, 2.45) is 0 Å². The molecule has 0 aliphatic carbocycles. The van der Waals surface area contributed by atoms with E-state index in [1.165, 1.54) is 12.1 Å². The Bertz CT molecular complexity index is 1180. The second-order valence-electron chi connectivity index (χ2n) is 7.15. The summed E-state index contributed by atoms with van der Waals surface area (Å²) in [6.45, 7) is 2.73. The van der Waals surface area contributed by atoms with E-state index in [4.69, 9.17) is 4.98 Å². The first kappa shape index (κ1) is 19.1. The molecule has 0 radical (unpaired) electrons. The molecule has 29 heavy (non-hydrogen) atoms. The van der Waals surface area contributed by atoms with Crippen LogP contribution >= 0.6 is 0 Å². The lowest BCUT2D eigenvalue weighted by molar-refractivity contribution is 0.402. The second-order valence-corrected chi connectivity index (χ2v) is 7.15. The van der Waals surface area contributed by atoms with E-state index in [0.29, 0.717) is 35.0 Å². The van der Waals surface area contributed by atoms with Crippen LogP contribution in [0.3, 0.4) is 0 Å². The summed E-state index contributed by atoms with van der Waals surface area (Å²) < 4.78 is 30.0. The fraction of sp³-hybridized carbons (Fsp3) is 0.227. The van der Waals surface area contributed by atoms with E-state index in [2.05, 4.69) is 14.9 Å². The summed E-state index contributed by atoms with van der Waals surface area (Å²) in [5.74, 6) is -0.597. The number of hydrogen-bond donors (Lipinski definition) is 0. The van der Waals surface area contributed by atoms with Crippen molar-refractivity contribution in [3.63, 3.8) is 0 Å². The molecule has 3 aromatic heterocycles. The first-order valence-corrected chi connectivity index (χ1v) is 9.39. The summed E-state index contributed by atoms with van der Waals surface area (Å²) in [5.41, 5.74) is 3.71. The highest BCUT2D eigenvalue weighted by Gasteiger charge is 2.20. The maximum absolute atomic E-state index is 14.6. The van der Waals surface area contributed by atoms with Crippen LogP contribution in [0.4, 0.5) is 8.78 Å². The van der Waals surface area contributed by atoms with Crippen LogP contribution in [0.1, 0.15) is 18.3 Å². The van der Waals surface area contributed by atoms with Crippen molar-refractivity contribution >= 4 is 5.65 Å². The highest BCUT2D eigenvalue weighted by atomic mass is 19.1. The summed E-state index contributed by atoms with van der Waals surface area (Å²) >= 11 is 0. The fourth-order valence-corrected chi connectivity index (χ4v) is 3.37. The predicted molar refractivity (Wildman–Crippen MR) is 108 cm³/mol. The third-order valence-electron chi connectivity index (χ3n) is 4.64. The van der Waals surface area contributed by atoms with Gasteiger partial charge in [-0.3, -0.25) is 4.40 Å². The summed E-state index contributed by atoms with van der Waals surface area (Å²) in [6.07, 6.45) is 4.28. The molecule has 4 aromatic rings. The Morgan fingerprint density at radius 3 is 2.59 bits per heavy atom. The predicted octanol–water partition coefficient (Wildman–Crippen LogP) is 4.36. The van der Waals surface area contributed by atoms with Crippen molar-refractivity contribution in [2.75, 3.05) is 14.1 Å². The number of fused-ring (bicyclic) bond motifs is 1. The number of benzene rings is 1. The maximum atomic E-state index is 14.6. The number of pyridine rings is 1.